The number of carbonyl (C=O) groups is 1. The fourth-order valence-electron chi connectivity index (χ4n) is 3.16. The molecule has 0 saturated carbocycles. The van der Waals surface area contributed by atoms with Crippen LogP contribution in [0.1, 0.15) is 21.5 Å². The van der Waals surface area contributed by atoms with Gasteiger partial charge in [0.05, 0.1) is 34.0 Å². The van der Waals surface area contributed by atoms with E-state index in [1.54, 1.807) is 30.3 Å². The molecule has 0 unspecified atom stereocenters. The van der Waals surface area contributed by atoms with Crippen LogP contribution in [0.4, 0.5) is 0 Å². The van der Waals surface area contributed by atoms with Gasteiger partial charge in [0.25, 0.3) is 0 Å². The van der Waals surface area contributed by atoms with Gasteiger partial charge in [0.15, 0.2) is 28.8 Å². The molecule has 3 rings (SSSR count). The van der Waals surface area contributed by atoms with Crippen molar-refractivity contribution in [1.29, 1.82) is 0 Å². The topological polar surface area (TPSA) is 74.2 Å². The molecular formula is C20H20O6. The Hall–Kier alpha value is -3.15. The van der Waals surface area contributed by atoms with Crippen molar-refractivity contribution in [1.82, 2.24) is 0 Å². The standard InChI is InChI=1S/C20H20O6/c1-23-15-6-5-11(8-14(15)21)7-13-9-12-10-16(24-2)19(25-3)20(26-4)17(12)18(13)22/h5-8,10,21H,9H2,1-4H3. The molecule has 2 aromatic rings. The Labute approximate surface area is 151 Å². The van der Waals surface area contributed by atoms with Crippen LogP contribution in [0.5, 0.6) is 28.7 Å². The van der Waals surface area contributed by atoms with Crippen LogP contribution in [0.15, 0.2) is 29.8 Å². The smallest absolute Gasteiger partial charge is 0.204 e. The number of carbonyl (C=O) groups excluding carboxylic acids is 1. The van der Waals surface area contributed by atoms with Crippen molar-refractivity contribution in [3.05, 3.63) is 46.5 Å². The predicted molar refractivity (Wildman–Crippen MR) is 96.8 cm³/mol. The molecular weight excluding hydrogens is 336 g/mol. The minimum Gasteiger partial charge on any atom is -0.504 e. The lowest BCUT2D eigenvalue weighted by molar-refractivity contribution is 0.103. The van der Waals surface area contributed by atoms with E-state index in [2.05, 4.69) is 0 Å². The highest BCUT2D eigenvalue weighted by atomic mass is 16.5. The summed E-state index contributed by atoms with van der Waals surface area (Å²) in [6, 6.07) is 6.78. The second kappa shape index (κ2) is 7.00. The molecule has 0 fully saturated rings. The summed E-state index contributed by atoms with van der Waals surface area (Å²) in [5.41, 5.74) is 2.60. The van der Waals surface area contributed by atoms with Gasteiger partial charge >= 0.3 is 0 Å². The number of phenolic OH excluding ortho intramolecular Hbond substituents is 1. The molecule has 0 aliphatic heterocycles. The molecule has 1 N–H and O–H groups in total. The minimum absolute atomic E-state index is 0.0192. The number of ether oxygens (including phenoxy) is 4. The molecule has 0 amide bonds. The number of allylic oxidation sites excluding steroid dienone is 1. The van der Waals surface area contributed by atoms with Crippen LogP contribution >= 0.6 is 0 Å². The molecule has 6 heteroatoms. The average Bonchev–Trinajstić information content (AvgIpc) is 2.95. The largest absolute Gasteiger partial charge is 0.504 e. The summed E-state index contributed by atoms with van der Waals surface area (Å²) in [6.45, 7) is 0. The number of ketones is 1. The van der Waals surface area contributed by atoms with Gasteiger partial charge in [-0.25, -0.2) is 0 Å². The average molecular weight is 356 g/mol. The second-order valence-electron chi connectivity index (χ2n) is 5.79. The van der Waals surface area contributed by atoms with E-state index in [1.807, 2.05) is 0 Å². The van der Waals surface area contributed by atoms with E-state index in [9.17, 15) is 9.90 Å². The maximum absolute atomic E-state index is 12.9. The van der Waals surface area contributed by atoms with E-state index < -0.39 is 0 Å². The zero-order valence-electron chi connectivity index (χ0n) is 15.1. The third kappa shape index (κ3) is 2.83. The lowest BCUT2D eigenvalue weighted by Gasteiger charge is -2.14. The van der Waals surface area contributed by atoms with Crippen LogP contribution in [-0.4, -0.2) is 39.3 Å². The lowest BCUT2D eigenvalue weighted by Crippen LogP contribution is -2.03. The van der Waals surface area contributed by atoms with Crippen LogP contribution in [0.25, 0.3) is 6.08 Å². The zero-order valence-corrected chi connectivity index (χ0v) is 15.1. The highest BCUT2D eigenvalue weighted by Crippen LogP contribution is 2.46. The van der Waals surface area contributed by atoms with Crippen LogP contribution in [0, 0.1) is 0 Å². The minimum atomic E-state index is -0.131. The van der Waals surface area contributed by atoms with Gasteiger partial charge in [-0.3, -0.25) is 4.79 Å². The third-order valence-electron chi connectivity index (χ3n) is 4.36. The first kappa shape index (κ1) is 17.7. The molecule has 0 bridgehead atoms. The summed E-state index contributed by atoms with van der Waals surface area (Å²) in [5.74, 6) is 1.54. The van der Waals surface area contributed by atoms with E-state index in [0.717, 1.165) is 5.56 Å². The normalized spacial score (nSPS) is 14.3. The number of methoxy groups -OCH3 is 4. The Kier molecular flexibility index (Phi) is 4.75. The summed E-state index contributed by atoms with van der Waals surface area (Å²) in [6.07, 6.45) is 2.19. The van der Waals surface area contributed by atoms with Crippen molar-refractivity contribution >= 4 is 11.9 Å². The molecule has 0 atom stereocenters. The highest BCUT2D eigenvalue weighted by Gasteiger charge is 2.32. The Balaban J connectivity index is 2.06. The number of hydrogen-bond acceptors (Lipinski definition) is 6. The highest BCUT2D eigenvalue weighted by molar-refractivity contribution is 6.17. The van der Waals surface area contributed by atoms with Crippen molar-refractivity contribution in [3.8, 4) is 28.7 Å². The number of fused-ring (bicyclic) bond motifs is 1. The summed E-state index contributed by atoms with van der Waals surface area (Å²) >= 11 is 0. The molecule has 136 valence electrons. The van der Waals surface area contributed by atoms with E-state index in [-0.39, 0.29) is 11.5 Å². The molecule has 1 aliphatic rings. The molecule has 6 nitrogen and oxygen atoms in total. The van der Waals surface area contributed by atoms with Crippen LogP contribution < -0.4 is 18.9 Å². The van der Waals surface area contributed by atoms with Gasteiger partial charge in [0.1, 0.15) is 0 Å². The summed E-state index contributed by atoms with van der Waals surface area (Å²) < 4.78 is 21.2. The van der Waals surface area contributed by atoms with Gasteiger partial charge in [-0.2, -0.15) is 0 Å². The second-order valence-corrected chi connectivity index (χ2v) is 5.79. The van der Waals surface area contributed by atoms with Crippen LogP contribution in [-0.2, 0) is 6.42 Å². The lowest BCUT2D eigenvalue weighted by atomic mass is 10.1. The molecule has 0 spiro atoms. The maximum atomic E-state index is 12.9. The van der Waals surface area contributed by atoms with Gasteiger partial charge in [0.2, 0.25) is 5.75 Å². The number of benzene rings is 2. The molecule has 1 aliphatic carbocycles. The Morgan fingerprint density at radius 2 is 1.62 bits per heavy atom. The predicted octanol–water partition coefficient (Wildman–Crippen LogP) is 3.25. The van der Waals surface area contributed by atoms with E-state index in [4.69, 9.17) is 18.9 Å². The summed E-state index contributed by atoms with van der Waals surface area (Å²) in [7, 11) is 6.02. The number of Topliss-reactive ketones (excluding diaryl/α,β-unsaturated/α-hetero) is 1. The molecule has 0 saturated heterocycles. The van der Waals surface area contributed by atoms with Gasteiger partial charge in [-0.1, -0.05) is 6.07 Å². The van der Waals surface area contributed by atoms with E-state index in [0.29, 0.717) is 46.1 Å². The monoisotopic (exact) mass is 356 g/mol. The fourth-order valence-corrected chi connectivity index (χ4v) is 3.16. The van der Waals surface area contributed by atoms with Crippen molar-refractivity contribution in [3.63, 3.8) is 0 Å². The number of phenols is 1. The maximum Gasteiger partial charge on any atom is 0.204 e. The summed E-state index contributed by atoms with van der Waals surface area (Å²) in [4.78, 5) is 12.9. The molecule has 26 heavy (non-hydrogen) atoms. The Morgan fingerprint density at radius 1 is 0.923 bits per heavy atom. The first-order valence-electron chi connectivity index (χ1n) is 7.98. The van der Waals surface area contributed by atoms with Crippen molar-refractivity contribution in [2.75, 3.05) is 28.4 Å². The first-order valence-corrected chi connectivity index (χ1v) is 7.98. The van der Waals surface area contributed by atoms with Gasteiger partial charge in [0, 0.05) is 12.0 Å². The molecule has 0 aromatic heterocycles. The van der Waals surface area contributed by atoms with Crippen molar-refractivity contribution in [2.45, 2.75) is 6.42 Å². The Morgan fingerprint density at radius 3 is 2.19 bits per heavy atom. The van der Waals surface area contributed by atoms with E-state index >= 15 is 0 Å². The fraction of sp³-hybridized carbons (Fsp3) is 0.250. The first-order chi connectivity index (χ1) is 12.5. The number of aromatic hydroxyl groups is 1. The number of hydrogen-bond donors (Lipinski definition) is 1. The van der Waals surface area contributed by atoms with Crippen LogP contribution in [0.3, 0.4) is 0 Å². The van der Waals surface area contributed by atoms with Gasteiger partial charge in [-0.15, -0.1) is 0 Å². The van der Waals surface area contributed by atoms with Crippen LogP contribution in [0.2, 0.25) is 0 Å². The van der Waals surface area contributed by atoms with Crippen molar-refractivity contribution in [2.24, 2.45) is 0 Å². The zero-order chi connectivity index (χ0) is 18.8. The van der Waals surface area contributed by atoms with E-state index in [1.165, 1.54) is 28.4 Å². The molecule has 2 aromatic carbocycles. The quantitative estimate of drug-likeness (QED) is 0.829. The number of rotatable bonds is 5. The third-order valence-corrected chi connectivity index (χ3v) is 4.36. The molecule has 0 radical (unpaired) electrons. The Bertz CT molecular complexity index is 898. The van der Waals surface area contributed by atoms with Crippen molar-refractivity contribution < 1.29 is 28.8 Å². The molecule has 0 heterocycles. The van der Waals surface area contributed by atoms with Gasteiger partial charge in [-0.05, 0) is 35.4 Å². The van der Waals surface area contributed by atoms with Gasteiger partial charge < -0.3 is 24.1 Å². The summed E-state index contributed by atoms with van der Waals surface area (Å²) in [5, 5.41) is 9.93. The SMILES string of the molecule is COc1ccc(C=C2Cc3cc(OC)c(OC)c(OC)c3C2=O)cc1O.